The minimum Gasteiger partial charge on any atom is -0.477 e. The Morgan fingerprint density at radius 1 is 1.06 bits per heavy atom. The summed E-state index contributed by atoms with van der Waals surface area (Å²) in [6.45, 7) is 5.74. The largest absolute Gasteiger partial charge is 0.477 e. The number of aromatic nitrogens is 3. The highest BCUT2D eigenvalue weighted by atomic mass is 32.1. The smallest absolute Gasteiger partial charge is 0.331 e. The van der Waals surface area contributed by atoms with Crippen LogP contribution in [0.1, 0.15) is 23.6 Å². The van der Waals surface area contributed by atoms with Crippen LogP contribution in [0.5, 0.6) is 0 Å². The fraction of sp³-hybridized carbons (Fsp3) is 0.154. The minimum atomic E-state index is -0.476. The van der Waals surface area contributed by atoms with Crippen LogP contribution in [0.4, 0.5) is 0 Å². The van der Waals surface area contributed by atoms with Gasteiger partial charge in [0.2, 0.25) is 0 Å². The lowest BCUT2D eigenvalue weighted by atomic mass is 10.1. The number of ether oxygens (including phenoxy) is 1. The second-order valence-corrected chi connectivity index (χ2v) is 8.90. The van der Waals surface area contributed by atoms with Gasteiger partial charge in [-0.2, -0.15) is 0 Å². The Morgan fingerprint density at radius 3 is 2.48 bits per heavy atom. The monoisotopic (exact) mass is 457 g/mol. The summed E-state index contributed by atoms with van der Waals surface area (Å²) in [5.41, 5.74) is 3.15. The molecule has 3 aromatic heterocycles. The summed E-state index contributed by atoms with van der Waals surface area (Å²) in [5, 5.41) is 2.49. The van der Waals surface area contributed by atoms with Gasteiger partial charge in [0, 0.05) is 14.1 Å². The maximum Gasteiger partial charge on any atom is 0.331 e. The molecule has 166 valence electrons. The van der Waals surface area contributed by atoms with E-state index in [-0.39, 0.29) is 11.2 Å². The third-order valence-corrected chi connectivity index (χ3v) is 6.94. The summed E-state index contributed by atoms with van der Waals surface area (Å²) >= 11 is 1.58. The van der Waals surface area contributed by atoms with Gasteiger partial charge in [0.1, 0.15) is 5.76 Å². The van der Waals surface area contributed by atoms with Gasteiger partial charge in [-0.15, -0.1) is 11.3 Å². The molecule has 0 saturated heterocycles. The Bertz CT molecular complexity index is 1570. The van der Waals surface area contributed by atoms with E-state index < -0.39 is 6.10 Å². The summed E-state index contributed by atoms with van der Waals surface area (Å²) in [6, 6.07) is 13.8. The molecule has 33 heavy (non-hydrogen) atoms. The lowest BCUT2D eigenvalue weighted by Gasteiger charge is -2.29. The number of nitrogens with zero attached hydrogens (tertiary/aromatic N) is 3. The number of fused-ring (bicyclic) bond motifs is 3. The number of rotatable bonds is 4. The van der Waals surface area contributed by atoms with Gasteiger partial charge in [-0.3, -0.25) is 13.9 Å². The summed E-state index contributed by atoms with van der Waals surface area (Å²) in [7, 11) is 3.22. The van der Waals surface area contributed by atoms with Gasteiger partial charge < -0.3 is 9.30 Å². The fourth-order valence-electron chi connectivity index (χ4n) is 4.48. The summed E-state index contributed by atoms with van der Waals surface area (Å²) in [6.07, 6.45) is 4.93. The van der Waals surface area contributed by atoms with Crippen LogP contribution in [0.25, 0.3) is 27.9 Å². The first-order chi connectivity index (χ1) is 16.0. The molecule has 0 bridgehead atoms. The number of hydrogen-bond donors (Lipinski definition) is 0. The summed E-state index contributed by atoms with van der Waals surface area (Å²) < 4.78 is 11.3. The number of allylic oxidation sites excluding steroid dienone is 4. The van der Waals surface area contributed by atoms with Crippen molar-refractivity contribution in [3.05, 3.63) is 110 Å². The Kier molecular flexibility index (Phi) is 5.06. The normalized spacial score (nSPS) is 15.8. The van der Waals surface area contributed by atoms with Crippen molar-refractivity contribution in [2.45, 2.75) is 13.0 Å². The molecular formula is C26H23N3O3S. The lowest BCUT2D eigenvalue weighted by Crippen LogP contribution is -2.37. The molecule has 6 nitrogen and oxygen atoms in total. The standard InChI is InChI=1S/C26H23N3O3S/c1-5-6-13-18-16(2)29-21(17-11-8-7-9-12-17)20-22(27(3)26(31)28(4)25(20)30)23(29)24(32-18)19-14-10-15-33-19/h5-15,24H,1H2,2-4H3/b13-6-. The molecule has 1 atom stereocenters. The number of benzene rings is 1. The molecule has 5 rings (SSSR count). The summed E-state index contributed by atoms with van der Waals surface area (Å²) in [5.74, 6) is 0.681. The van der Waals surface area contributed by atoms with E-state index in [9.17, 15) is 9.59 Å². The van der Waals surface area contributed by atoms with Crippen molar-refractivity contribution in [1.29, 1.82) is 0 Å². The first-order valence-corrected chi connectivity index (χ1v) is 11.4. The molecule has 0 radical (unpaired) electrons. The zero-order valence-electron chi connectivity index (χ0n) is 18.6. The number of aryl methyl sites for hydroxylation is 1. The molecule has 0 N–H and O–H groups in total. The SMILES string of the molecule is C=C/C=C\C1=C(C)n2c(-c3ccccc3)c3c(=O)n(C)c(=O)n(C)c3c2C(c2cccs2)O1. The van der Waals surface area contributed by atoms with Gasteiger partial charge in [0.05, 0.1) is 32.9 Å². The average Bonchev–Trinajstić information content (AvgIpc) is 3.49. The second kappa shape index (κ2) is 7.94. The van der Waals surface area contributed by atoms with Gasteiger partial charge in [-0.05, 0) is 30.0 Å². The molecule has 4 heterocycles. The highest BCUT2D eigenvalue weighted by Gasteiger charge is 2.36. The molecule has 0 fully saturated rings. The Balaban J connectivity index is 2.04. The van der Waals surface area contributed by atoms with Crippen molar-refractivity contribution < 1.29 is 4.74 Å². The maximum absolute atomic E-state index is 13.5. The number of hydrogen-bond acceptors (Lipinski definition) is 4. The van der Waals surface area contributed by atoms with E-state index in [0.29, 0.717) is 16.7 Å². The van der Waals surface area contributed by atoms with Crippen molar-refractivity contribution in [2.75, 3.05) is 0 Å². The predicted molar refractivity (Wildman–Crippen MR) is 133 cm³/mol. The van der Waals surface area contributed by atoms with Crippen molar-refractivity contribution in [1.82, 2.24) is 13.7 Å². The van der Waals surface area contributed by atoms with Crippen molar-refractivity contribution in [3.63, 3.8) is 0 Å². The zero-order chi connectivity index (χ0) is 23.3. The predicted octanol–water partition coefficient (Wildman–Crippen LogP) is 4.82. The molecule has 0 amide bonds. The van der Waals surface area contributed by atoms with E-state index in [0.717, 1.165) is 27.5 Å². The van der Waals surface area contributed by atoms with E-state index in [1.807, 2.05) is 66.9 Å². The molecule has 1 aliphatic rings. The van der Waals surface area contributed by atoms with Gasteiger partial charge >= 0.3 is 5.69 Å². The van der Waals surface area contributed by atoms with E-state index in [1.165, 1.54) is 11.6 Å². The molecule has 1 aliphatic heterocycles. The van der Waals surface area contributed by atoms with Crippen LogP contribution >= 0.6 is 11.3 Å². The Labute approximate surface area is 194 Å². The topological polar surface area (TPSA) is 58.2 Å². The van der Waals surface area contributed by atoms with Crippen LogP contribution in [-0.2, 0) is 18.8 Å². The molecule has 4 aromatic rings. The van der Waals surface area contributed by atoms with Crippen LogP contribution in [0.15, 0.2) is 88.0 Å². The van der Waals surface area contributed by atoms with Crippen LogP contribution in [-0.4, -0.2) is 13.7 Å². The molecule has 0 saturated carbocycles. The third-order valence-electron chi connectivity index (χ3n) is 6.03. The molecular weight excluding hydrogens is 434 g/mol. The Hall–Kier alpha value is -3.84. The molecule has 7 heteroatoms. The second-order valence-electron chi connectivity index (χ2n) is 7.92. The van der Waals surface area contributed by atoms with Gasteiger partial charge in [-0.1, -0.05) is 55.1 Å². The quantitative estimate of drug-likeness (QED) is 0.413. The van der Waals surface area contributed by atoms with E-state index in [4.69, 9.17) is 4.74 Å². The van der Waals surface area contributed by atoms with E-state index >= 15 is 0 Å². The fourth-order valence-corrected chi connectivity index (χ4v) is 5.24. The molecule has 0 spiro atoms. The zero-order valence-corrected chi connectivity index (χ0v) is 19.4. The van der Waals surface area contributed by atoms with Crippen molar-refractivity contribution in [2.24, 2.45) is 14.1 Å². The lowest BCUT2D eigenvalue weighted by molar-refractivity contribution is 0.151. The van der Waals surface area contributed by atoms with Crippen molar-refractivity contribution >= 4 is 27.9 Å². The van der Waals surface area contributed by atoms with Crippen molar-refractivity contribution in [3.8, 4) is 11.3 Å². The number of thiophene rings is 1. The van der Waals surface area contributed by atoms with E-state index in [1.54, 1.807) is 29.0 Å². The highest BCUT2D eigenvalue weighted by Crippen LogP contribution is 2.45. The highest BCUT2D eigenvalue weighted by molar-refractivity contribution is 7.10. The molecule has 1 aromatic carbocycles. The average molecular weight is 458 g/mol. The molecule has 1 unspecified atom stereocenters. The first kappa shape index (κ1) is 21.0. The van der Waals surface area contributed by atoms with Crippen LogP contribution < -0.4 is 11.2 Å². The van der Waals surface area contributed by atoms with Gasteiger partial charge in [0.25, 0.3) is 5.56 Å². The maximum atomic E-state index is 13.5. The van der Waals surface area contributed by atoms with Gasteiger partial charge in [-0.25, -0.2) is 4.79 Å². The van der Waals surface area contributed by atoms with Crippen LogP contribution in [0, 0.1) is 0 Å². The summed E-state index contributed by atoms with van der Waals surface area (Å²) in [4.78, 5) is 27.5. The van der Waals surface area contributed by atoms with Gasteiger partial charge in [0.15, 0.2) is 6.10 Å². The first-order valence-electron chi connectivity index (χ1n) is 10.6. The Morgan fingerprint density at radius 2 is 1.82 bits per heavy atom. The minimum absolute atomic E-state index is 0.324. The third kappa shape index (κ3) is 3.08. The van der Waals surface area contributed by atoms with Crippen LogP contribution in [0.3, 0.4) is 0 Å². The van der Waals surface area contributed by atoms with E-state index in [2.05, 4.69) is 11.1 Å². The van der Waals surface area contributed by atoms with Crippen LogP contribution in [0.2, 0.25) is 0 Å². The molecule has 0 aliphatic carbocycles.